The van der Waals surface area contributed by atoms with Crippen molar-refractivity contribution in [2.45, 2.75) is 13.8 Å². The Morgan fingerprint density at radius 2 is 1.84 bits per heavy atom. The maximum absolute atomic E-state index is 12.3. The molecular formula is C18H19N5O2. The SMILES string of the molecule is CC(C)COc1ccc(NC(=O)c2ccc(-c3nn[nH]n3)cc2)cc1. The smallest absolute Gasteiger partial charge is 0.255 e. The zero-order valence-corrected chi connectivity index (χ0v) is 14.1. The molecule has 0 aliphatic rings. The summed E-state index contributed by atoms with van der Waals surface area (Å²) in [4.78, 5) is 12.3. The zero-order valence-electron chi connectivity index (χ0n) is 14.1. The summed E-state index contributed by atoms with van der Waals surface area (Å²) in [6, 6.07) is 14.3. The van der Waals surface area contributed by atoms with Crippen LogP contribution < -0.4 is 10.1 Å². The van der Waals surface area contributed by atoms with E-state index < -0.39 is 0 Å². The number of benzene rings is 2. The molecule has 0 spiro atoms. The fourth-order valence-corrected chi connectivity index (χ4v) is 2.16. The fraction of sp³-hybridized carbons (Fsp3) is 0.222. The van der Waals surface area contributed by atoms with E-state index in [0.717, 1.165) is 11.3 Å². The van der Waals surface area contributed by atoms with Gasteiger partial charge in [-0.15, -0.1) is 10.2 Å². The number of rotatable bonds is 6. The Bertz CT molecular complexity index is 812. The molecule has 7 nitrogen and oxygen atoms in total. The quantitative estimate of drug-likeness (QED) is 0.721. The molecular weight excluding hydrogens is 318 g/mol. The van der Waals surface area contributed by atoms with Crippen LogP contribution in [0, 0.1) is 5.92 Å². The highest BCUT2D eigenvalue weighted by Gasteiger charge is 2.08. The molecule has 0 aliphatic carbocycles. The first-order valence-electron chi connectivity index (χ1n) is 8.00. The Labute approximate surface area is 145 Å². The average molecular weight is 337 g/mol. The molecule has 0 saturated carbocycles. The summed E-state index contributed by atoms with van der Waals surface area (Å²) < 4.78 is 5.63. The Morgan fingerprint density at radius 1 is 1.12 bits per heavy atom. The van der Waals surface area contributed by atoms with Crippen LogP contribution in [-0.4, -0.2) is 33.1 Å². The van der Waals surface area contributed by atoms with E-state index in [4.69, 9.17) is 4.74 Å². The van der Waals surface area contributed by atoms with Crippen LogP contribution in [0.2, 0.25) is 0 Å². The lowest BCUT2D eigenvalue weighted by Gasteiger charge is -2.10. The molecule has 3 rings (SSSR count). The number of carbonyl (C=O) groups excluding carboxylic acids is 1. The van der Waals surface area contributed by atoms with Gasteiger partial charge in [-0.1, -0.05) is 26.0 Å². The van der Waals surface area contributed by atoms with Gasteiger partial charge in [-0.25, -0.2) is 0 Å². The number of nitrogens with zero attached hydrogens (tertiary/aromatic N) is 3. The van der Waals surface area contributed by atoms with Crippen LogP contribution >= 0.6 is 0 Å². The van der Waals surface area contributed by atoms with Crippen molar-refractivity contribution in [2.24, 2.45) is 5.92 Å². The number of aromatic nitrogens is 4. The van der Waals surface area contributed by atoms with Crippen molar-refractivity contribution in [3.63, 3.8) is 0 Å². The predicted octanol–water partition coefficient (Wildman–Crippen LogP) is 3.15. The molecule has 1 amide bonds. The van der Waals surface area contributed by atoms with Crippen molar-refractivity contribution in [1.82, 2.24) is 20.6 Å². The van der Waals surface area contributed by atoms with Crippen LogP contribution in [0.1, 0.15) is 24.2 Å². The zero-order chi connectivity index (χ0) is 17.6. The third-order valence-electron chi connectivity index (χ3n) is 3.45. The number of hydrogen-bond acceptors (Lipinski definition) is 5. The minimum absolute atomic E-state index is 0.185. The number of H-pyrrole nitrogens is 1. The van der Waals surface area contributed by atoms with Gasteiger partial charge in [0, 0.05) is 16.8 Å². The third-order valence-corrected chi connectivity index (χ3v) is 3.45. The maximum atomic E-state index is 12.3. The lowest BCUT2D eigenvalue weighted by molar-refractivity contribution is 0.102. The molecule has 3 aromatic rings. The number of tetrazole rings is 1. The van der Waals surface area contributed by atoms with Gasteiger partial charge in [0.25, 0.3) is 5.91 Å². The molecule has 0 atom stereocenters. The number of carbonyl (C=O) groups is 1. The number of ether oxygens (including phenoxy) is 1. The van der Waals surface area contributed by atoms with E-state index in [-0.39, 0.29) is 5.91 Å². The van der Waals surface area contributed by atoms with Crippen molar-refractivity contribution >= 4 is 11.6 Å². The van der Waals surface area contributed by atoms with Crippen molar-refractivity contribution in [3.8, 4) is 17.1 Å². The van der Waals surface area contributed by atoms with Gasteiger partial charge in [0.05, 0.1) is 6.61 Å². The second-order valence-corrected chi connectivity index (χ2v) is 6.00. The predicted molar refractivity (Wildman–Crippen MR) is 94.3 cm³/mol. The van der Waals surface area contributed by atoms with Gasteiger partial charge in [0.1, 0.15) is 5.75 Å². The Balaban J connectivity index is 1.62. The van der Waals surface area contributed by atoms with Crippen LogP contribution in [0.15, 0.2) is 48.5 Å². The number of aromatic amines is 1. The maximum Gasteiger partial charge on any atom is 0.255 e. The molecule has 0 unspecified atom stereocenters. The fourth-order valence-electron chi connectivity index (χ4n) is 2.16. The minimum atomic E-state index is -0.185. The first-order chi connectivity index (χ1) is 12.1. The van der Waals surface area contributed by atoms with Gasteiger partial charge in [0.2, 0.25) is 5.82 Å². The molecule has 0 radical (unpaired) electrons. The second kappa shape index (κ2) is 7.57. The standard InChI is InChI=1S/C18H19N5O2/c1-12(2)11-25-16-9-7-15(8-10-16)19-18(24)14-5-3-13(4-6-14)17-20-22-23-21-17/h3-10,12H,11H2,1-2H3,(H,19,24)(H,20,21,22,23). The van der Waals surface area contributed by atoms with E-state index >= 15 is 0 Å². The average Bonchev–Trinajstić information content (AvgIpc) is 3.16. The van der Waals surface area contributed by atoms with Crippen LogP contribution in [0.5, 0.6) is 5.75 Å². The molecule has 0 fully saturated rings. The monoisotopic (exact) mass is 337 g/mol. The molecule has 25 heavy (non-hydrogen) atoms. The number of hydrogen-bond donors (Lipinski definition) is 2. The summed E-state index contributed by atoms with van der Waals surface area (Å²) in [5.74, 6) is 1.56. The Morgan fingerprint density at radius 3 is 2.44 bits per heavy atom. The van der Waals surface area contributed by atoms with Crippen molar-refractivity contribution < 1.29 is 9.53 Å². The summed E-state index contributed by atoms with van der Waals surface area (Å²) in [6.07, 6.45) is 0. The highest BCUT2D eigenvalue weighted by molar-refractivity contribution is 6.04. The summed E-state index contributed by atoms with van der Waals surface area (Å²) in [7, 11) is 0. The summed E-state index contributed by atoms with van der Waals surface area (Å²) in [6.45, 7) is 4.86. The number of amides is 1. The lowest BCUT2D eigenvalue weighted by Crippen LogP contribution is -2.11. The van der Waals surface area contributed by atoms with E-state index in [1.165, 1.54) is 0 Å². The first kappa shape index (κ1) is 16.6. The summed E-state index contributed by atoms with van der Waals surface area (Å²) in [5.41, 5.74) is 2.05. The van der Waals surface area contributed by atoms with E-state index in [1.54, 1.807) is 24.3 Å². The topological polar surface area (TPSA) is 92.8 Å². The van der Waals surface area contributed by atoms with Crippen LogP contribution in [0.3, 0.4) is 0 Å². The van der Waals surface area contributed by atoms with Gasteiger partial charge in [-0.3, -0.25) is 4.79 Å². The number of anilines is 1. The van der Waals surface area contributed by atoms with Gasteiger partial charge >= 0.3 is 0 Å². The second-order valence-electron chi connectivity index (χ2n) is 6.00. The molecule has 7 heteroatoms. The van der Waals surface area contributed by atoms with Crippen LogP contribution in [-0.2, 0) is 0 Å². The minimum Gasteiger partial charge on any atom is -0.493 e. The molecule has 2 N–H and O–H groups in total. The lowest BCUT2D eigenvalue weighted by atomic mass is 10.1. The molecule has 128 valence electrons. The van der Waals surface area contributed by atoms with Gasteiger partial charge in [-0.2, -0.15) is 5.21 Å². The Hall–Kier alpha value is -3.22. The molecule has 0 saturated heterocycles. The summed E-state index contributed by atoms with van der Waals surface area (Å²) in [5, 5.41) is 16.6. The molecule has 1 aromatic heterocycles. The van der Waals surface area contributed by atoms with Crippen LogP contribution in [0.4, 0.5) is 5.69 Å². The normalized spacial score (nSPS) is 10.7. The highest BCUT2D eigenvalue weighted by Crippen LogP contribution is 2.18. The van der Waals surface area contributed by atoms with Gasteiger partial charge < -0.3 is 10.1 Å². The van der Waals surface area contributed by atoms with E-state index in [9.17, 15) is 4.79 Å². The molecule has 0 aliphatic heterocycles. The number of nitrogens with one attached hydrogen (secondary N) is 2. The van der Waals surface area contributed by atoms with Crippen molar-refractivity contribution in [2.75, 3.05) is 11.9 Å². The largest absolute Gasteiger partial charge is 0.493 e. The molecule has 0 bridgehead atoms. The molecule has 1 heterocycles. The van der Waals surface area contributed by atoms with Crippen LogP contribution in [0.25, 0.3) is 11.4 Å². The Kier molecular flexibility index (Phi) is 5.03. The first-order valence-corrected chi connectivity index (χ1v) is 8.00. The summed E-state index contributed by atoms with van der Waals surface area (Å²) >= 11 is 0. The highest BCUT2D eigenvalue weighted by atomic mass is 16.5. The van der Waals surface area contributed by atoms with E-state index in [1.807, 2.05) is 24.3 Å². The van der Waals surface area contributed by atoms with Crippen molar-refractivity contribution in [3.05, 3.63) is 54.1 Å². The van der Waals surface area contributed by atoms with E-state index in [2.05, 4.69) is 39.8 Å². The van der Waals surface area contributed by atoms with Gasteiger partial charge in [-0.05, 0) is 47.5 Å². The third kappa shape index (κ3) is 4.41. The van der Waals surface area contributed by atoms with Crippen molar-refractivity contribution in [1.29, 1.82) is 0 Å². The molecule has 2 aromatic carbocycles. The van der Waals surface area contributed by atoms with Gasteiger partial charge in [0.15, 0.2) is 0 Å². The van der Waals surface area contributed by atoms with E-state index in [0.29, 0.717) is 29.6 Å².